The summed E-state index contributed by atoms with van der Waals surface area (Å²) in [6.45, 7) is 0. The van der Waals surface area contributed by atoms with Gasteiger partial charge in [-0.1, -0.05) is 30.3 Å². The molecule has 0 saturated carbocycles. The molecule has 2 nitrogen and oxygen atoms in total. The van der Waals surface area contributed by atoms with Crippen molar-refractivity contribution in [1.82, 2.24) is 4.98 Å². The van der Waals surface area contributed by atoms with Gasteiger partial charge in [-0.05, 0) is 24.3 Å². The van der Waals surface area contributed by atoms with E-state index in [1.807, 2.05) is 65.5 Å². The Labute approximate surface area is 110 Å². The maximum Gasteiger partial charge on any atom is 0.136 e. The van der Waals surface area contributed by atoms with E-state index in [1.165, 1.54) is 0 Å². The molecule has 0 amide bonds. The zero-order valence-electron chi connectivity index (χ0n) is 9.61. The Bertz CT molecular complexity index is 620. The van der Waals surface area contributed by atoms with E-state index in [1.54, 1.807) is 11.3 Å². The van der Waals surface area contributed by atoms with Crippen LogP contribution in [0.4, 0.5) is 0 Å². The SMILES string of the molecule is c1ccc(Oc2ccccc2-c2cscn2)cc1. The Balaban J connectivity index is 1.98. The number of hydrogen-bond donors (Lipinski definition) is 0. The number of benzene rings is 2. The van der Waals surface area contributed by atoms with Crippen molar-refractivity contribution in [3.05, 3.63) is 65.5 Å². The second-order valence-electron chi connectivity index (χ2n) is 3.78. The Kier molecular flexibility index (Phi) is 3.07. The van der Waals surface area contributed by atoms with Crippen molar-refractivity contribution >= 4 is 11.3 Å². The number of thiazole rings is 1. The van der Waals surface area contributed by atoms with Gasteiger partial charge in [0.1, 0.15) is 11.5 Å². The lowest BCUT2D eigenvalue weighted by atomic mass is 10.1. The summed E-state index contributed by atoms with van der Waals surface area (Å²) in [7, 11) is 0. The molecular weight excluding hydrogens is 242 g/mol. The molecule has 88 valence electrons. The van der Waals surface area contributed by atoms with Gasteiger partial charge in [0.05, 0.1) is 11.2 Å². The molecule has 0 radical (unpaired) electrons. The van der Waals surface area contributed by atoms with E-state index < -0.39 is 0 Å². The highest BCUT2D eigenvalue weighted by atomic mass is 32.1. The van der Waals surface area contributed by atoms with Crippen LogP contribution in [0, 0.1) is 0 Å². The van der Waals surface area contributed by atoms with E-state index in [0.717, 1.165) is 22.8 Å². The average Bonchev–Trinajstić information content (AvgIpc) is 2.94. The van der Waals surface area contributed by atoms with Gasteiger partial charge in [0.2, 0.25) is 0 Å². The molecule has 0 fully saturated rings. The molecule has 0 spiro atoms. The molecule has 0 N–H and O–H groups in total. The predicted molar refractivity (Wildman–Crippen MR) is 74.1 cm³/mol. The Morgan fingerprint density at radius 3 is 2.44 bits per heavy atom. The maximum absolute atomic E-state index is 5.90. The molecule has 3 heteroatoms. The highest BCUT2D eigenvalue weighted by Crippen LogP contribution is 2.32. The minimum absolute atomic E-state index is 0.828. The van der Waals surface area contributed by atoms with Crippen molar-refractivity contribution in [1.29, 1.82) is 0 Å². The third-order valence-electron chi connectivity index (χ3n) is 2.57. The van der Waals surface area contributed by atoms with Crippen LogP contribution in [0.5, 0.6) is 11.5 Å². The van der Waals surface area contributed by atoms with E-state index in [4.69, 9.17) is 4.74 Å². The minimum Gasteiger partial charge on any atom is -0.457 e. The van der Waals surface area contributed by atoms with Crippen LogP contribution in [0.3, 0.4) is 0 Å². The number of ether oxygens (including phenoxy) is 1. The van der Waals surface area contributed by atoms with Gasteiger partial charge in [0, 0.05) is 10.9 Å². The van der Waals surface area contributed by atoms with Crippen molar-refractivity contribution < 1.29 is 4.74 Å². The van der Waals surface area contributed by atoms with Crippen LogP contribution in [0.2, 0.25) is 0 Å². The summed E-state index contributed by atoms with van der Waals surface area (Å²) in [4.78, 5) is 4.33. The summed E-state index contributed by atoms with van der Waals surface area (Å²) in [6.07, 6.45) is 0. The van der Waals surface area contributed by atoms with Gasteiger partial charge in [-0.25, -0.2) is 4.98 Å². The molecule has 1 aromatic heterocycles. The fourth-order valence-corrected chi connectivity index (χ4v) is 2.28. The fourth-order valence-electron chi connectivity index (χ4n) is 1.73. The summed E-state index contributed by atoms with van der Waals surface area (Å²) in [5.41, 5.74) is 3.79. The van der Waals surface area contributed by atoms with Crippen LogP contribution >= 0.6 is 11.3 Å². The lowest BCUT2D eigenvalue weighted by molar-refractivity contribution is 0.484. The first-order valence-corrected chi connectivity index (χ1v) is 6.58. The minimum atomic E-state index is 0.828. The molecule has 0 aliphatic heterocycles. The van der Waals surface area contributed by atoms with Crippen molar-refractivity contribution in [2.75, 3.05) is 0 Å². The first-order valence-electron chi connectivity index (χ1n) is 5.64. The van der Waals surface area contributed by atoms with E-state index in [-0.39, 0.29) is 0 Å². The molecule has 18 heavy (non-hydrogen) atoms. The molecule has 1 heterocycles. The molecule has 0 aliphatic carbocycles. The summed E-state index contributed by atoms with van der Waals surface area (Å²) in [5.74, 6) is 1.66. The highest BCUT2D eigenvalue weighted by Gasteiger charge is 2.07. The van der Waals surface area contributed by atoms with E-state index in [9.17, 15) is 0 Å². The Morgan fingerprint density at radius 1 is 0.889 bits per heavy atom. The average molecular weight is 253 g/mol. The largest absolute Gasteiger partial charge is 0.457 e. The molecule has 0 aliphatic rings. The summed E-state index contributed by atoms with van der Waals surface area (Å²) in [6, 6.07) is 17.7. The summed E-state index contributed by atoms with van der Waals surface area (Å²) in [5, 5.41) is 2.02. The Morgan fingerprint density at radius 2 is 1.67 bits per heavy atom. The second kappa shape index (κ2) is 5.02. The number of aromatic nitrogens is 1. The quantitative estimate of drug-likeness (QED) is 0.680. The van der Waals surface area contributed by atoms with Gasteiger partial charge in [-0.15, -0.1) is 11.3 Å². The lowest BCUT2D eigenvalue weighted by Gasteiger charge is -2.09. The second-order valence-corrected chi connectivity index (χ2v) is 4.50. The van der Waals surface area contributed by atoms with Crippen molar-refractivity contribution in [2.45, 2.75) is 0 Å². The number of para-hydroxylation sites is 2. The van der Waals surface area contributed by atoms with Crippen molar-refractivity contribution in [2.24, 2.45) is 0 Å². The van der Waals surface area contributed by atoms with Crippen LogP contribution < -0.4 is 4.74 Å². The van der Waals surface area contributed by atoms with Crippen LogP contribution in [-0.4, -0.2) is 4.98 Å². The van der Waals surface area contributed by atoms with Gasteiger partial charge in [-0.3, -0.25) is 0 Å². The number of rotatable bonds is 3. The molecule has 0 saturated heterocycles. The van der Waals surface area contributed by atoms with Crippen LogP contribution in [0.25, 0.3) is 11.3 Å². The van der Waals surface area contributed by atoms with Gasteiger partial charge >= 0.3 is 0 Å². The summed E-state index contributed by atoms with van der Waals surface area (Å²) < 4.78 is 5.90. The smallest absolute Gasteiger partial charge is 0.136 e. The third-order valence-corrected chi connectivity index (χ3v) is 3.15. The molecule has 3 aromatic rings. The van der Waals surface area contributed by atoms with E-state index in [2.05, 4.69) is 4.98 Å². The zero-order valence-corrected chi connectivity index (χ0v) is 10.4. The highest BCUT2D eigenvalue weighted by molar-refractivity contribution is 7.07. The predicted octanol–water partition coefficient (Wildman–Crippen LogP) is 4.60. The molecule has 0 unspecified atom stereocenters. The monoisotopic (exact) mass is 253 g/mol. The van der Waals surface area contributed by atoms with Crippen molar-refractivity contribution in [3.63, 3.8) is 0 Å². The van der Waals surface area contributed by atoms with Crippen LogP contribution in [0.15, 0.2) is 65.5 Å². The zero-order chi connectivity index (χ0) is 12.2. The molecule has 0 bridgehead atoms. The van der Waals surface area contributed by atoms with E-state index in [0.29, 0.717) is 0 Å². The van der Waals surface area contributed by atoms with Crippen LogP contribution in [-0.2, 0) is 0 Å². The Hall–Kier alpha value is -2.13. The van der Waals surface area contributed by atoms with Crippen LogP contribution in [0.1, 0.15) is 0 Å². The van der Waals surface area contributed by atoms with Gasteiger partial charge in [-0.2, -0.15) is 0 Å². The van der Waals surface area contributed by atoms with Gasteiger partial charge in [0.15, 0.2) is 0 Å². The molecule has 0 atom stereocenters. The van der Waals surface area contributed by atoms with E-state index >= 15 is 0 Å². The normalized spacial score (nSPS) is 10.2. The van der Waals surface area contributed by atoms with Gasteiger partial charge < -0.3 is 4.74 Å². The van der Waals surface area contributed by atoms with Gasteiger partial charge in [0.25, 0.3) is 0 Å². The molecule has 3 rings (SSSR count). The third kappa shape index (κ3) is 2.26. The first-order chi connectivity index (χ1) is 8.93. The van der Waals surface area contributed by atoms with Crippen molar-refractivity contribution in [3.8, 4) is 22.8 Å². The maximum atomic E-state index is 5.90. The fraction of sp³-hybridized carbons (Fsp3) is 0. The molecular formula is C15H11NOS. The number of nitrogens with zero attached hydrogens (tertiary/aromatic N) is 1. The lowest BCUT2D eigenvalue weighted by Crippen LogP contribution is -1.87. The standard InChI is InChI=1S/C15H11NOS/c1-2-6-12(7-3-1)17-15-9-5-4-8-13(15)14-10-18-11-16-14/h1-11H. The first kappa shape index (κ1) is 11.0. The summed E-state index contributed by atoms with van der Waals surface area (Å²) >= 11 is 1.58. The topological polar surface area (TPSA) is 22.1 Å². The number of hydrogen-bond acceptors (Lipinski definition) is 3. The molecule has 2 aromatic carbocycles.